The molecule has 8 nitrogen and oxygen atoms in total. The topological polar surface area (TPSA) is 104 Å². The highest BCUT2D eigenvalue weighted by Gasteiger charge is 2.27. The number of pyridine rings is 2. The molecule has 6 rings (SSSR count). The van der Waals surface area contributed by atoms with E-state index in [1.54, 1.807) is 24.3 Å². The first-order chi connectivity index (χ1) is 18.9. The van der Waals surface area contributed by atoms with E-state index in [2.05, 4.69) is 37.0 Å². The van der Waals surface area contributed by atoms with E-state index in [1.807, 2.05) is 10.9 Å². The summed E-state index contributed by atoms with van der Waals surface area (Å²) in [4.78, 5) is 8.18. The van der Waals surface area contributed by atoms with Crippen LogP contribution in [0, 0.1) is 23.1 Å². The van der Waals surface area contributed by atoms with Crippen LogP contribution in [-0.4, -0.2) is 25.0 Å². The Hall–Kier alpha value is -4.33. The molecule has 3 aromatic heterocycles. The molecule has 1 fully saturated rings. The molecule has 1 atom stereocenters. The summed E-state index contributed by atoms with van der Waals surface area (Å²) in [6, 6.07) is 12.8. The predicted octanol–water partition coefficient (Wildman–Crippen LogP) is 6.96. The van der Waals surface area contributed by atoms with Crippen molar-refractivity contribution in [1.82, 2.24) is 25.0 Å². The van der Waals surface area contributed by atoms with E-state index < -0.39 is 12.0 Å². The lowest BCUT2D eigenvalue weighted by Gasteiger charge is -2.21. The third kappa shape index (κ3) is 5.06. The number of aromatic nitrogens is 5. The Morgan fingerprint density at radius 1 is 1.05 bits per heavy atom. The van der Waals surface area contributed by atoms with Gasteiger partial charge in [0, 0.05) is 16.6 Å². The number of hydrogen-bond donors (Lipinski definition) is 2. The molecule has 1 aliphatic carbocycles. The first kappa shape index (κ1) is 25.0. The summed E-state index contributed by atoms with van der Waals surface area (Å²) in [7, 11) is 0. The van der Waals surface area contributed by atoms with Gasteiger partial charge in [-0.15, -0.1) is 5.10 Å². The summed E-state index contributed by atoms with van der Waals surface area (Å²) in [5, 5.41) is 25.8. The fourth-order valence-electron chi connectivity index (χ4n) is 4.31. The highest BCUT2D eigenvalue weighted by molar-refractivity contribution is 6.32. The van der Waals surface area contributed by atoms with Gasteiger partial charge in [-0.3, -0.25) is 4.98 Å². The van der Waals surface area contributed by atoms with Crippen LogP contribution in [0.1, 0.15) is 41.7 Å². The minimum atomic E-state index is -0.803. The van der Waals surface area contributed by atoms with Crippen LogP contribution < -0.4 is 10.6 Å². The quantitative estimate of drug-likeness (QED) is 0.206. The number of nitrogens with one attached hydrogen (secondary N) is 2. The Kier molecular flexibility index (Phi) is 6.46. The Balaban J connectivity index is 1.46. The van der Waals surface area contributed by atoms with Crippen molar-refractivity contribution in [3.05, 3.63) is 99.7 Å². The van der Waals surface area contributed by atoms with E-state index in [4.69, 9.17) is 23.2 Å². The molecule has 1 aliphatic rings. The molecule has 194 valence electrons. The maximum absolute atomic E-state index is 13.8. The third-order valence-corrected chi connectivity index (χ3v) is 6.85. The molecule has 1 saturated carbocycles. The molecule has 0 bridgehead atoms. The van der Waals surface area contributed by atoms with Gasteiger partial charge in [-0.25, -0.2) is 14.1 Å². The fourth-order valence-corrected chi connectivity index (χ4v) is 4.69. The molecule has 0 aliphatic heterocycles. The van der Waals surface area contributed by atoms with Crippen molar-refractivity contribution in [2.45, 2.75) is 24.9 Å². The summed E-state index contributed by atoms with van der Waals surface area (Å²) in [6.07, 6.45) is 6.67. The van der Waals surface area contributed by atoms with E-state index >= 15 is 0 Å². The highest BCUT2D eigenvalue weighted by atomic mass is 35.5. The number of halogens is 4. The lowest BCUT2D eigenvalue weighted by atomic mass is 10.0. The molecule has 0 amide bonds. The summed E-state index contributed by atoms with van der Waals surface area (Å²) in [5.41, 5.74) is 3.46. The number of nitrogens with zero attached hydrogens (tertiary/aromatic N) is 6. The number of nitriles is 1. The second-order valence-electron chi connectivity index (χ2n) is 9.11. The van der Waals surface area contributed by atoms with Gasteiger partial charge in [0.15, 0.2) is 0 Å². The first-order valence-electron chi connectivity index (χ1n) is 11.9. The highest BCUT2D eigenvalue weighted by Crippen LogP contribution is 2.38. The second kappa shape index (κ2) is 10.1. The van der Waals surface area contributed by atoms with Crippen molar-refractivity contribution >= 4 is 51.2 Å². The van der Waals surface area contributed by atoms with Crippen LogP contribution in [-0.2, 0) is 0 Å². The van der Waals surface area contributed by atoms with Crippen molar-refractivity contribution in [3.8, 4) is 6.07 Å². The molecular formula is C27H18Cl2F2N8. The third-order valence-electron chi connectivity index (χ3n) is 6.37. The van der Waals surface area contributed by atoms with Crippen LogP contribution >= 0.6 is 23.2 Å². The van der Waals surface area contributed by atoms with Gasteiger partial charge in [-0.2, -0.15) is 9.65 Å². The summed E-state index contributed by atoms with van der Waals surface area (Å²) >= 11 is 12.5. The molecule has 39 heavy (non-hydrogen) atoms. The zero-order valence-corrected chi connectivity index (χ0v) is 21.5. The SMILES string of the molecule is N#Cc1cnc2c(N[C@@H](c3ccc(F)cc3)c3cn(C4CC4)nn3)cc(Cl)cc2c1Nc1cnc(F)c(Cl)c1. The lowest BCUT2D eigenvalue weighted by Crippen LogP contribution is -2.14. The van der Waals surface area contributed by atoms with Crippen LogP contribution in [0.25, 0.3) is 10.9 Å². The van der Waals surface area contributed by atoms with Gasteiger partial charge < -0.3 is 10.6 Å². The van der Waals surface area contributed by atoms with E-state index in [1.165, 1.54) is 30.6 Å². The minimum absolute atomic E-state index is 0.168. The van der Waals surface area contributed by atoms with E-state index in [0.29, 0.717) is 44.7 Å². The monoisotopic (exact) mass is 562 g/mol. The molecule has 0 spiro atoms. The number of benzene rings is 2. The molecule has 2 aromatic carbocycles. The first-order valence-corrected chi connectivity index (χ1v) is 12.7. The minimum Gasteiger partial charge on any atom is -0.371 e. The molecule has 3 heterocycles. The van der Waals surface area contributed by atoms with Gasteiger partial charge in [0.1, 0.15) is 17.6 Å². The Morgan fingerprint density at radius 2 is 1.85 bits per heavy atom. The standard InChI is InChI=1S/C27H18Cl2F2N8/c28-16-7-20-24(35-18-9-21(29)27(31)34-12-18)15(10-32)11-33-26(20)22(8-16)36-25(14-1-3-17(30)4-2-14)23-13-39(38-37-23)19-5-6-19/h1-4,7-9,11-13,19,25,36H,5-6H2,(H,33,35)/t25-/m0/s1. The van der Waals surface area contributed by atoms with Crippen LogP contribution in [0.4, 0.5) is 25.8 Å². The molecule has 0 unspecified atom stereocenters. The summed E-state index contributed by atoms with van der Waals surface area (Å²) in [5.74, 6) is -1.16. The number of fused-ring (bicyclic) bond motifs is 1. The van der Waals surface area contributed by atoms with Gasteiger partial charge in [0.2, 0.25) is 5.95 Å². The normalized spacial score (nSPS) is 13.7. The molecule has 5 aromatic rings. The average Bonchev–Trinajstić information content (AvgIpc) is 3.67. The molecule has 12 heteroatoms. The maximum Gasteiger partial charge on any atom is 0.231 e. The van der Waals surface area contributed by atoms with E-state index in [-0.39, 0.29) is 16.4 Å². The van der Waals surface area contributed by atoms with Gasteiger partial charge in [-0.05, 0) is 48.7 Å². The van der Waals surface area contributed by atoms with Crippen molar-refractivity contribution in [3.63, 3.8) is 0 Å². The van der Waals surface area contributed by atoms with Crippen LogP contribution in [0.15, 0.2) is 61.1 Å². The predicted molar refractivity (Wildman–Crippen MR) is 144 cm³/mol. The molecule has 0 saturated heterocycles. The fraction of sp³-hybridized carbons (Fsp3) is 0.148. The Morgan fingerprint density at radius 3 is 2.56 bits per heavy atom. The van der Waals surface area contributed by atoms with E-state index in [0.717, 1.165) is 18.4 Å². The number of rotatable bonds is 7. The van der Waals surface area contributed by atoms with Crippen LogP contribution in [0.5, 0.6) is 0 Å². The van der Waals surface area contributed by atoms with Gasteiger partial charge in [0.05, 0.1) is 57.6 Å². The van der Waals surface area contributed by atoms with Gasteiger partial charge >= 0.3 is 0 Å². The lowest BCUT2D eigenvalue weighted by molar-refractivity contribution is 0.584. The van der Waals surface area contributed by atoms with Crippen molar-refractivity contribution in [2.24, 2.45) is 0 Å². The van der Waals surface area contributed by atoms with E-state index in [9.17, 15) is 14.0 Å². The van der Waals surface area contributed by atoms with Crippen LogP contribution in [0.3, 0.4) is 0 Å². The number of anilines is 3. The van der Waals surface area contributed by atoms with Gasteiger partial charge in [0.25, 0.3) is 0 Å². The zero-order chi connectivity index (χ0) is 27.1. The maximum atomic E-state index is 13.8. The van der Waals surface area contributed by atoms with Gasteiger partial charge in [-0.1, -0.05) is 40.5 Å². The Bertz CT molecular complexity index is 1750. The second-order valence-corrected chi connectivity index (χ2v) is 9.96. The summed E-state index contributed by atoms with van der Waals surface area (Å²) in [6.45, 7) is 0. The zero-order valence-electron chi connectivity index (χ0n) is 20.0. The van der Waals surface area contributed by atoms with Crippen LogP contribution in [0.2, 0.25) is 10.0 Å². The Labute approximate surface area is 231 Å². The largest absolute Gasteiger partial charge is 0.371 e. The van der Waals surface area contributed by atoms with Crippen molar-refractivity contribution in [1.29, 1.82) is 5.26 Å². The molecular weight excluding hydrogens is 545 g/mol. The molecule has 2 N–H and O–H groups in total. The number of hydrogen-bond acceptors (Lipinski definition) is 7. The molecule has 0 radical (unpaired) electrons. The van der Waals surface area contributed by atoms with Crippen molar-refractivity contribution in [2.75, 3.05) is 10.6 Å². The van der Waals surface area contributed by atoms with Crippen molar-refractivity contribution < 1.29 is 8.78 Å². The summed E-state index contributed by atoms with van der Waals surface area (Å²) < 4.78 is 29.2. The smallest absolute Gasteiger partial charge is 0.231 e. The average molecular weight is 563 g/mol.